The van der Waals surface area contributed by atoms with E-state index in [2.05, 4.69) is 0 Å². The molecule has 0 amide bonds. The lowest BCUT2D eigenvalue weighted by Crippen LogP contribution is -2.29. The number of hydrogen-bond acceptors (Lipinski definition) is 4. The molecule has 0 aromatic heterocycles. The number of fused-ring (bicyclic) bond motifs is 1. The molecule has 1 heterocycles. The molecule has 0 fully saturated rings. The number of hydrogen-bond donors (Lipinski definition) is 1. The van der Waals surface area contributed by atoms with Crippen LogP contribution < -0.4 is 15.2 Å². The topological polar surface area (TPSA) is 44.5 Å². The van der Waals surface area contributed by atoms with Crippen LogP contribution in [0.5, 0.6) is 11.5 Å². The molecule has 1 aliphatic heterocycles. The van der Waals surface area contributed by atoms with Gasteiger partial charge in [-0.05, 0) is 26.0 Å². The van der Waals surface area contributed by atoms with Gasteiger partial charge in [-0.15, -0.1) is 0 Å². The van der Waals surface area contributed by atoms with Gasteiger partial charge in [0.1, 0.15) is 17.4 Å². The van der Waals surface area contributed by atoms with Gasteiger partial charge in [0, 0.05) is 11.1 Å². The van der Waals surface area contributed by atoms with Crippen LogP contribution >= 0.6 is 11.8 Å². The van der Waals surface area contributed by atoms with Gasteiger partial charge in [0.15, 0.2) is 0 Å². The van der Waals surface area contributed by atoms with Crippen molar-refractivity contribution in [2.75, 3.05) is 13.0 Å². The fraction of sp³-hybridized carbons (Fsp3) is 0.455. The average Bonchev–Trinajstić information content (AvgIpc) is 2.60. The van der Waals surface area contributed by atoms with Crippen molar-refractivity contribution in [3.05, 3.63) is 17.7 Å². The van der Waals surface area contributed by atoms with Gasteiger partial charge >= 0.3 is 0 Å². The molecule has 0 unspecified atom stereocenters. The van der Waals surface area contributed by atoms with E-state index in [9.17, 15) is 0 Å². The second-order valence-electron chi connectivity index (χ2n) is 4.13. The van der Waals surface area contributed by atoms with Crippen LogP contribution in [0.25, 0.3) is 0 Å². The van der Waals surface area contributed by atoms with Crippen molar-refractivity contribution in [3.63, 3.8) is 0 Å². The Balaban J connectivity index is 2.54. The van der Waals surface area contributed by atoms with Crippen LogP contribution in [0.15, 0.2) is 17.0 Å². The SMILES string of the molecule is COc1cc2c(cc1C(C)(C)N)OCS2. The van der Waals surface area contributed by atoms with Crippen molar-refractivity contribution >= 4 is 11.8 Å². The Morgan fingerprint density at radius 1 is 1.47 bits per heavy atom. The largest absolute Gasteiger partial charge is 0.496 e. The van der Waals surface area contributed by atoms with Gasteiger partial charge in [0.2, 0.25) is 0 Å². The summed E-state index contributed by atoms with van der Waals surface area (Å²) in [4.78, 5) is 1.12. The Bertz CT molecular complexity index is 385. The minimum atomic E-state index is -0.420. The molecule has 0 bridgehead atoms. The summed E-state index contributed by atoms with van der Waals surface area (Å²) in [5, 5.41) is 0. The van der Waals surface area contributed by atoms with Gasteiger partial charge < -0.3 is 15.2 Å². The summed E-state index contributed by atoms with van der Waals surface area (Å²) in [5.74, 6) is 2.42. The lowest BCUT2D eigenvalue weighted by Gasteiger charge is -2.22. The molecule has 0 saturated carbocycles. The number of nitrogens with two attached hydrogens (primary N) is 1. The van der Waals surface area contributed by atoms with Crippen LogP contribution in [0, 0.1) is 0 Å². The summed E-state index contributed by atoms with van der Waals surface area (Å²) in [5.41, 5.74) is 6.64. The van der Waals surface area contributed by atoms with Crippen LogP contribution in [-0.2, 0) is 5.54 Å². The normalized spacial score (nSPS) is 14.7. The molecule has 0 spiro atoms. The maximum atomic E-state index is 6.08. The molecule has 0 saturated heterocycles. The smallest absolute Gasteiger partial charge is 0.138 e. The molecule has 0 atom stereocenters. The van der Waals surface area contributed by atoms with Gasteiger partial charge in [0.25, 0.3) is 0 Å². The van der Waals surface area contributed by atoms with E-state index in [-0.39, 0.29) is 0 Å². The second kappa shape index (κ2) is 3.61. The average molecular weight is 225 g/mol. The first kappa shape index (κ1) is 10.6. The van der Waals surface area contributed by atoms with Crippen molar-refractivity contribution in [3.8, 4) is 11.5 Å². The fourth-order valence-electron chi connectivity index (χ4n) is 1.60. The molecule has 15 heavy (non-hydrogen) atoms. The van der Waals surface area contributed by atoms with Crippen LogP contribution in [0.4, 0.5) is 0 Å². The van der Waals surface area contributed by atoms with Gasteiger partial charge in [0.05, 0.1) is 12.0 Å². The lowest BCUT2D eigenvalue weighted by atomic mass is 9.94. The first-order valence-electron chi connectivity index (χ1n) is 4.79. The summed E-state index contributed by atoms with van der Waals surface area (Å²) < 4.78 is 10.8. The fourth-order valence-corrected chi connectivity index (χ4v) is 2.36. The molecule has 4 heteroatoms. The molecule has 1 aliphatic rings. The number of thioether (sulfide) groups is 1. The maximum Gasteiger partial charge on any atom is 0.138 e. The van der Waals surface area contributed by atoms with E-state index >= 15 is 0 Å². The quantitative estimate of drug-likeness (QED) is 0.839. The maximum absolute atomic E-state index is 6.08. The van der Waals surface area contributed by atoms with E-state index in [1.807, 2.05) is 26.0 Å². The van der Waals surface area contributed by atoms with E-state index in [1.165, 1.54) is 0 Å². The highest BCUT2D eigenvalue weighted by molar-refractivity contribution is 7.99. The lowest BCUT2D eigenvalue weighted by molar-refractivity contribution is 0.378. The summed E-state index contributed by atoms with van der Waals surface area (Å²) >= 11 is 1.67. The minimum Gasteiger partial charge on any atom is -0.496 e. The summed E-state index contributed by atoms with van der Waals surface area (Å²) in [6.45, 7) is 3.92. The van der Waals surface area contributed by atoms with Gasteiger partial charge in [-0.3, -0.25) is 0 Å². The molecule has 1 aromatic rings. The first-order chi connectivity index (χ1) is 7.02. The number of rotatable bonds is 2. The Hall–Kier alpha value is -0.870. The van der Waals surface area contributed by atoms with Crippen molar-refractivity contribution in [1.82, 2.24) is 0 Å². The Kier molecular flexibility index (Phi) is 2.56. The number of benzene rings is 1. The Labute approximate surface area is 93.9 Å². The van der Waals surface area contributed by atoms with Crippen molar-refractivity contribution in [1.29, 1.82) is 0 Å². The van der Waals surface area contributed by atoms with E-state index in [4.69, 9.17) is 15.2 Å². The molecule has 82 valence electrons. The molecular weight excluding hydrogens is 210 g/mol. The molecule has 2 rings (SSSR count). The molecule has 2 N–H and O–H groups in total. The minimum absolute atomic E-state index is 0.420. The van der Waals surface area contributed by atoms with E-state index < -0.39 is 5.54 Å². The molecule has 1 aromatic carbocycles. The van der Waals surface area contributed by atoms with Gasteiger partial charge in [-0.1, -0.05) is 11.8 Å². The molecule has 0 radical (unpaired) electrons. The van der Waals surface area contributed by atoms with E-state index in [0.717, 1.165) is 22.0 Å². The third-order valence-corrected chi connectivity index (χ3v) is 3.25. The standard InChI is InChI=1S/C11H15NO2S/c1-11(2,12)7-4-9-10(15-6-14-9)5-8(7)13-3/h4-5H,6,12H2,1-3H3. The second-order valence-corrected chi connectivity index (χ2v) is 5.09. The summed E-state index contributed by atoms with van der Waals surface area (Å²) in [6, 6.07) is 3.98. The summed E-state index contributed by atoms with van der Waals surface area (Å²) in [7, 11) is 1.66. The van der Waals surface area contributed by atoms with Crippen LogP contribution in [-0.4, -0.2) is 13.0 Å². The molecular formula is C11H15NO2S. The predicted octanol–water partition coefficient (Wildman–Crippen LogP) is 2.33. The zero-order chi connectivity index (χ0) is 11.1. The highest BCUT2D eigenvalue weighted by Crippen LogP contribution is 2.42. The Morgan fingerprint density at radius 2 is 2.20 bits per heavy atom. The van der Waals surface area contributed by atoms with Crippen molar-refractivity contribution < 1.29 is 9.47 Å². The highest BCUT2D eigenvalue weighted by Gasteiger charge is 2.24. The zero-order valence-corrected chi connectivity index (χ0v) is 9.98. The molecule has 3 nitrogen and oxygen atoms in total. The monoisotopic (exact) mass is 225 g/mol. The van der Waals surface area contributed by atoms with Gasteiger partial charge in [-0.2, -0.15) is 0 Å². The Morgan fingerprint density at radius 3 is 2.80 bits per heavy atom. The van der Waals surface area contributed by atoms with Crippen molar-refractivity contribution in [2.24, 2.45) is 5.73 Å². The first-order valence-corrected chi connectivity index (χ1v) is 5.78. The third kappa shape index (κ3) is 1.92. The third-order valence-electron chi connectivity index (χ3n) is 2.39. The predicted molar refractivity (Wildman–Crippen MR) is 61.6 cm³/mol. The zero-order valence-electron chi connectivity index (χ0n) is 9.16. The van der Waals surface area contributed by atoms with Gasteiger partial charge in [-0.25, -0.2) is 0 Å². The van der Waals surface area contributed by atoms with E-state index in [1.54, 1.807) is 18.9 Å². The van der Waals surface area contributed by atoms with Crippen molar-refractivity contribution in [2.45, 2.75) is 24.3 Å². The highest BCUT2D eigenvalue weighted by atomic mass is 32.2. The van der Waals surface area contributed by atoms with Crippen LogP contribution in [0.2, 0.25) is 0 Å². The summed E-state index contributed by atoms with van der Waals surface area (Å²) in [6.07, 6.45) is 0. The number of methoxy groups -OCH3 is 1. The van der Waals surface area contributed by atoms with Crippen LogP contribution in [0.1, 0.15) is 19.4 Å². The van der Waals surface area contributed by atoms with E-state index in [0.29, 0.717) is 5.94 Å². The molecule has 0 aliphatic carbocycles. The van der Waals surface area contributed by atoms with Crippen LogP contribution in [0.3, 0.4) is 0 Å². The number of ether oxygens (including phenoxy) is 2.